The minimum Gasteiger partial charge on any atom is -0.482 e. The van der Waals surface area contributed by atoms with E-state index in [9.17, 15) is 4.79 Å². The van der Waals surface area contributed by atoms with Crippen LogP contribution in [0.25, 0.3) is 11.4 Å². The van der Waals surface area contributed by atoms with E-state index in [-0.39, 0.29) is 19.1 Å². The summed E-state index contributed by atoms with van der Waals surface area (Å²) in [6.07, 6.45) is 0. The van der Waals surface area contributed by atoms with Crippen LogP contribution in [0.3, 0.4) is 0 Å². The zero-order chi connectivity index (χ0) is 16.5. The first-order valence-electron chi connectivity index (χ1n) is 7.31. The molecule has 1 aliphatic heterocycles. The molecule has 0 atom stereocenters. The van der Waals surface area contributed by atoms with Crippen LogP contribution in [-0.4, -0.2) is 22.7 Å². The fraction of sp³-hybridized carbons (Fsp3) is 0.118. The van der Waals surface area contributed by atoms with E-state index >= 15 is 0 Å². The monoisotopic (exact) mass is 341 g/mol. The summed E-state index contributed by atoms with van der Waals surface area (Å²) in [5, 5.41) is 4.52. The van der Waals surface area contributed by atoms with Gasteiger partial charge in [0, 0.05) is 16.7 Å². The number of rotatable bonds is 3. The Hall–Kier alpha value is -2.86. The van der Waals surface area contributed by atoms with Gasteiger partial charge in [-0.1, -0.05) is 47.1 Å². The molecule has 120 valence electrons. The van der Waals surface area contributed by atoms with Crippen molar-refractivity contribution in [1.29, 1.82) is 0 Å². The second kappa shape index (κ2) is 5.98. The number of hydrogen-bond acceptors (Lipinski definition) is 5. The summed E-state index contributed by atoms with van der Waals surface area (Å²) in [5.74, 6) is 1.22. The molecule has 2 aromatic carbocycles. The third-order valence-corrected chi connectivity index (χ3v) is 3.89. The average Bonchev–Trinajstić information content (AvgIpc) is 3.07. The Labute approximate surface area is 142 Å². The van der Waals surface area contributed by atoms with Crippen molar-refractivity contribution in [3.63, 3.8) is 0 Å². The molecule has 1 amide bonds. The topological polar surface area (TPSA) is 68.5 Å². The number of hydrogen-bond donors (Lipinski definition) is 0. The second-order valence-corrected chi connectivity index (χ2v) is 5.69. The number of halogens is 1. The van der Waals surface area contributed by atoms with Crippen molar-refractivity contribution in [2.75, 3.05) is 11.5 Å². The predicted octanol–water partition coefficient (Wildman–Crippen LogP) is 3.32. The minimum absolute atomic E-state index is 0.0486. The number of carbonyl (C=O) groups excluding carboxylic acids is 1. The van der Waals surface area contributed by atoms with Crippen LogP contribution in [0.15, 0.2) is 53.1 Å². The molecule has 1 aliphatic rings. The minimum atomic E-state index is -0.177. The maximum Gasteiger partial charge on any atom is 0.265 e. The van der Waals surface area contributed by atoms with Gasteiger partial charge in [0.1, 0.15) is 12.3 Å². The molecule has 7 heteroatoms. The summed E-state index contributed by atoms with van der Waals surface area (Å²) < 4.78 is 10.7. The SMILES string of the molecule is O=C1COc2cc(Cl)ccc2N1Cc1nc(-c2ccccc2)no1. The van der Waals surface area contributed by atoms with Gasteiger partial charge < -0.3 is 9.26 Å². The van der Waals surface area contributed by atoms with E-state index in [1.807, 2.05) is 30.3 Å². The molecule has 4 rings (SSSR count). The number of amides is 1. The average molecular weight is 342 g/mol. The Kier molecular flexibility index (Phi) is 3.66. The van der Waals surface area contributed by atoms with E-state index < -0.39 is 0 Å². The molecule has 24 heavy (non-hydrogen) atoms. The Morgan fingerprint density at radius 1 is 1.17 bits per heavy atom. The van der Waals surface area contributed by atoms with Gasteiger partial charge in [0.15, 0.2) is 6.61 Å². The molecular weight excluding hydrogens is 330 g/mol. The smallest absolute Gasteiger partial charge is 0.265 e. The Morgan fingerprint density at radius 3 is 2.83 bits per heavy atom. The molecule has 0 saturated carbocycles. The van der Waals surface area contributed by atoms with Crippen LogP contribution in [0, 0.1) is 0 Å². The Bertz CT molecular complexity index is 895. The van der Waals surface area contributed by atoms with E-state index in [0.717, 1.165) is 5.56 Å². The van der Waals surface area contributed by atoms with E-state index in [1.165, 1.54) is 0 Å². The first kappa shape index (κ1) is 14.7. The van der Waals surface area contributed by atoms with Gasteiger partial charge in [-0.2, -0.15) is 4.98 Å². The lowest BCUT2D eigenvalue weighted by molar-refractivity contribution is -0.121. The van der Waals surface area contributed by atoms with Gasteiger partial charge in [0.05, 0.1) is 5.69 Å². The molecule has 0 unspecified atom stereocenters. The number of fused-ring (bicyclic) bond motifs is 1. The fourth-order valence-corrected chi connectivity index (χ4v) is 2.67. The lowest BCUT2D eigenvalue weighted by Crippen LogP contribution is -2.38. The van der Waals surface area contributed by atoms with Crippen molar-refractivity contribution in [3.05, 3.63) is 59.4 Å². The van der Waals surface area contributed by atoms with Crippen molar-refractivity contribution in [2.45, 2.75) is 6.54 Å². The summed E-state index contributed by atoms with van der Waals surface area (Å²) in [4.78, 5) is 18.1. The van der Waals surface area contributed by atoms with Gasteiger partial charge in [-0.3, -0.25) is 9.69 Å². The largest absolute Gasteiger partial charge is 0.482 e. The van der Waals surface area contributed by atoms with Crippen molar-refractivity contribution >= 4 is 23.2 Å². The number of anilines is 1. The Morgan fingerprint density at radius 2 is 2.00 bits per heavy atom. The molecule has 0 radical (unpaired) electrons. The molecule has 3 aromatic rings. The summed E-state index contributed by atoms with van der Waals surface area (Å²) in [5.41, 5.74) is 1.49. The highest BCUT2D eigenvalue weighted by atomic mass is 35.5. The first-order valence-corrected chi connectivity index (χ1v) is 7.69. The lowest BCUT2D eigenvalue weighted by Gasteiger charge is -2.28. The van der Waals surface area contributed by atoms with Gasteiger partial charge in [-0.05, 0) is 12.1 Å². The summed E-state index contributed by atoms with van der Waals surface area (Å²) in [6, 6.07) is 14.6. The predicted molar refractivity (Wildman–Crippen MR) is 87.9 cm³/mol. The van der Waals surface area contributed by atoms with Crippen molar-refractivity contribution < 1.29 is 14.1 Å². The second-order valence-electron chi connectivity index (χ2n) is 5.26. The van der Waals surface area contributed by atoms with Crippen LogP contribution >= 0.6 is 11.6 Å². The molecule has 2 heterocycles. The number of nitrogens with zero attached hydrogens (tertiary/aromatic N) is 3. The molecule has 0 spiro atoms. The maximum absolute atomic E-state index is 12.2. The molecular formula is C17H12ClN3O3. The van der Waals surface area contributed by atoms with Crippen LogP contribution in [-0.2, 0) is 11.3 Å². The standard InChI is InChI=1S/C17H12ClN3O3/c18-12-6-7-13-14(8-12)23-10-16(22)21(13)9-15-19-17(20-24-15)11-4-2-1-3-5-11/h1-8H,9-10H2. The van der Waals surface area contributed by atoms with Gasteiger partial charge >= 0.3 is 0 Å². The van der Waals surface area contributed by atoms with E-state index in [1.54, 1.807) is 23.1 Å². The number of carbonyl (C=O) groups is 1. The van der Waals surface area contributed by atoms with Crippen molar-refractivity contribution in [1.82, 2.24) is 10.1 Å². The van der Waals surface area contributed by atoms with Crippen LogP contribution < -0.4 is 9.64 Å². The lowest BCUT2D eigenvalue weighted by atomic mass is 10.2. The van der Waals surface area contributed by atoms with E-state index in [4.69, 9.17) is 20.9 Å². The molecule has 1 aromatic heterocycles. The highest BCUT2D eigenvalue weighted by Gasteiger charge is 2.27. The van der Waals surface area contributed by atoms with Gasteiger partial charge in [-0.25, -0.2) is 0 Å². The highest BCUT2D eigenvalue weighted by molar-refractivity contribution is 6.30. The third-order valence-electron chi connectivity index (χ3n) is 3.66. The van der Waals surface area contributed by atoms with Crippen molar-refractivity contribution in [2.24, 2.45) is 0 Å². The van der Waals surface area contributed by atoms with Crippen LogP contribution in [0.5, 0.6) is 5.75 Å². The summed E-state index contributed by atoms with van der Waals surface area (Å²) >= 11 is 5.97. The zero-order valence-electron chi connectivity index (χ0n) is 12.5. The fourth-order valence-electron chi connectivity index (χ4n) is 2.51. The van der Waals surface area contributed by atoms with Gasteiger partial charge in [0.25, 0.3) is 5.91 Å². The normalized spacial score (nSPS) is 13.5. The summed E-state index contributed by atoms with van der Waals surface area (Å²) in [6.45, 7) is 0.129. The maximum atomic E-state index is 12.2. The zero-order valence-corrected chi connectivity index (χ0v) is 13.2. The number of ether oxygens (including phenoxy) is 1. The molecule has 0 fully saturated rings. The van der Waals surface area contributed by atoms with Gasteiger partial charge in [-0.15, -0.1) is 0 Å². The number of benzene rings is 2. The van der Waals surface area contributed by atoms with Crippen LogP contribution in [0.4, 0.5) is 5.69 Å². The Balaban J connectivity index is 1.62. The quantitative estimate of drug-likeness (QED) is 0.731. The molecule has 0 aliphatic carbocycles. The molecule has 0 N–H and O–H groups in total. The van der Waals surface area contributed by atoms with Crippen LogP contribution in [0.2, 0.25) is 5.02 Å². The van der Waals surface area contributed by atoms with Crippen molar-refractivity contribution in [3.8, 4) is 17.1 Å². The third kappa shape index (κ3) is 2.72. The highest BCUT2D eigenvalue weighted by Crippen LogP contribution is 2.35. The summed E-state index contributed by atoms with van der Waals surface area (Å²) in [7, 11) is 0. The van der Waals surface area contributed by atoms with Crippen LogP contribution in [0.1, 0.15) is 5.89 Å². The van der Waals surface area contributed by atoms with Gasteiger partial charge in [0.2, 0.25) is 11.7 Å². The first-order chi connectivity index (χ1) is 11.7. The number of aromatic nitrogens is 2. The molecule has 0 bridgehead atoms. The van der Waals surface area contributed by atoms with E-state index in [2.05, 4.69) is 10.1 Å². The molecule has 0 saturated heterocycles. The molecule has 6 nitrogen and oxygen atoms in total. The van der Waals surface area contributed by atoms with E-state index in [0.29, 0.717) is 28.2 Å².